The second kappa shape index (κ2) is 25.9. The molecular formula is C16H22MnO8Sn. The summed E-state index contributed by atoms with van der Waals surface area (Å²) in [5.41, 5.74) is 0. The van der Waals surface area contributed by atoms with Gasteiger partial charge in [-0.05, 0) is 24.3 Å². The van der Waals surface area contributed by atoms with Crippen molar-refractivity contribution in [2.45, 2.75) is 48.4 Å². The molecule has 0 atom stereocenters. The summed E-state index contributed by atoms with van der Waals surface area (Å²) in [4.78, 5) is 37.7. The molecule has 0 aliphatic carbocycles. The van der Waals surface area contributed by atoms with Crippen LogP contribution in [-0.4, -0.2) is 45.0 Å². The number of carboxylic acid groups (broad SMARTS) is 4. The molecule has 0 fully saturated rings. The van der Waals surface area contributed by atoms with E-state index < -0.39 is 23.9 Å². The van der Waals surface area contributed by atoms with Gasteiger partial charge in [-0.2, -0.15) is 0 Å². The van der Waals surface area contributed by atoms with Crippen LogP contribution in [-0.2, 0) is 36.2 Å². The molecule has 10 heteroatoms. The predicted octanol–water partition coefficient (Wildman–Crippen LogP) is -2.79. The van der Waals surface area contributed by atoms with Crippen LogP contribution in [0.5, 0.6) is 0 Å². The van der Waals surface area contributed by atoms with E-state index in [0.717, 1.165) is 0 Å². The number of carbonyl (C=O) groups is 4. The molecule has 0 bridgehead atoms. The van der Waals surface area contributed by atoms with E-state index in [2.05, 4.69) is 13.8 Å². The Bertz CT molecular complexity index is 378. The van der Waals surface area contributed by atoms with Gasteiger partial charge in [0, 0.05) is 0 Å². The number of carbonyl (C=O) groups excluding carboxylic acids is 4. The van der Waals surface area contributed by atoms with Gasteiger partial charge in [0.15, 0.2) is 0 Å². The van der Waals surface area contributed by atoms with Crippen LogP contribution in [0, 0.1) is 0 Å². The maximum atomic E-state index is 9.41. The zero-order valence-electron chi connectivity index (χ0n) is 14.7. The summed E-state index contributed by atoms with van der Waals surface area (Å²) in [6.45, 7) is 4.58. The standard InChI is InChI=1S/2C4H4O4.2C4H9.Mn.Sn/c2*5-3(6)1-2-4(7)8;2*1-3-4-2;;/h2*1-2H,(H,5,6)(H,7,8);2*1,3-4H2,2H3;;/q;;;;2*+2/p-4. The van der Waals surface area contributed by atoms with Crippen LogP contribution in [0.3, 0.4) is 0 Å². The molecule has 0 N–H and O–H groups in total. The Morgan fingerprint density at radius 3 is 1.04 bits per heavy atom. The van der Waals surface area contributed by atoms with Gasteiger partial charge in [0.25, 0.3) is 0 Å². The van der Waals surface area contributed by atoms with Crippen LogP contribution in [0.2, 0.25) is 8.87 Å². The van der Waals surface area contributed by atoms with Gasteiger partial charge in [-0.25, -0.2) is 0 Å². The van der Waals surface area contributed by atoms with E-state index in [1.54, 1.807) is 8.87 Å². The maximum Gasteiger partial charge on any atom is 2.00 e. The van der Waals surface area contributed by atoms with Gasteiger partial charge in [-0.1, -0.05) is 0 Å². The average Bonchev–Trinajstić information content (AvgIpc) is 2.52. The topological polar surface area (TPSA) is 161 Å². The van der Waals surface area contributed by atoms with Crippen molar-refractivity contribution in [3.8, 4) is 0 Å². The number of unbranched alkanes of at least 4 members (excludes halogenated alkanes) is 2. The fourth-order valence-corrected chi connectivity index (χ4v) is 5.16. The Morgan fingerprint density at radius 2 is 0.885 bits per heavy atom. The number of hydrogen-bond donors (Lipinski definition) is 0. The Labute approximate surface area is 174 Å². The molecule has 0 spiro atoms. The van der Waals surface area contributed by atoms with Crippen LogP contribution in [0.1, 0.15) is 39.5 Å². The Morgan fingerprint density at radius 1 is 0.654 bits per heavy atom. The van der Waals surface area contributed by atoms with Crippen molar-refractivity contribution in [3.63, 3.8) is 0 Å². The third-order valence-corrected chi connectivity index (χ3v) is 6.16. The van der Waals surface area contributed by atoms with Crippen molar-refractivity contribution < 1.29 is 56.7 Å². The van der Waals surface area contributed by atoms with E-state index in [1.165, 1.54) is 25.7 Å². The summed E-state index contributed by atoms with van der Waals surface area (Å²) < 4.78 is 3.25. The first-order chi connectivity index (χ1) is 11.7. The van der Waals surface area contributed by atoms with E-state index in [0.29, 0.717) is 24.3 Å². The molecule has 0 heterocycles. The molecule has 0 saturated heterocycles. The van der Waals surface area contributed by atoms with Gasteiger partial charge in [0.1, 0.15) is 0 Å². The summed E-state index contributed by atoms with van der Waals surface area (Å²) in [6.07, 6.45) is 7.38. The molecule has 0 aliphatic rings. The summed E-state index contributed by atoms with van der Waals surface area (Å²) in [6, 6.07) is 0. The zero-order chi connectivity index (χ0) is 20.1. The zero-order valence-corrected chi connectivity index (χ0v) is 18.7. The maximum absolute atomic E-state index is 9.41. The first-order valence-corrected chi connectivity index (χ1v) is 11.6. The second-order valence-corrected chi connectivity index (χ2v) is 8.68. The van der Waals surface area contributed by atoms with Crippen LogP contribution in [0.25, 0.3) is 0 Å². The van der Waals surface area contributed by atoms with Crippen LogP contribution in [0.15, 0.2) is 24.3 Å². The second-order valence-electron chi connectivity index (χ2n) is 4.40. The average molecular weight is 516 g/mol. The first kappa shape index (κ1) is 32.4. The molecule has 0 aromatic heterocycles. The smallest absolute Gasteiger partial charge is 0.545 e. The fourth-order valence-electron chi connectivity index (χ4n) is 1.00. The summed E-state index contributed by atoms with van der Waals surface area (Å²) >= 11 is 0.149. The number of hydrogen-bond acceptors (Lipinski definition) is 8. The van der Waals surface area contributed by atoms with Gasteiger partial charge in [0.05, 0.1) is 23.9 Å². The van der Waals surface area contributed by atoms with E-state index in [-0.39, 0.29) is 38.2 Å². The van der Waals surface area contributed by atoms with Crippen molar-refractivity contribution in [1.29, 1.82) is 0 Å². The van der Waals surface area contributed by atoms with Crippen LogP contribution < -0.4 is 20.4 Å². The van der Waals surface area contributed by atoms with Crippen LogP contribution >= 0.6 is 0 Å². The number of carboxylic acids is 4. The van der Waals surface area contributed by atoms with Gasteiger partial charge < -0.3 is 39.6 Å². The Hall–Kier alpha value is -1.32. The third-order valence-electron chi connectivity index (χ3n) is 2.13. The third kappa shape index (κ3) is 49.5. The molecule has 0 saturated carbocycles. The summed E-state index contributed by atoms with van der Waals surface area (Å²) in [5.74, 6) is -6.19. The largest absolute Gasteiger partial charge is 2.00 e. The molecule has 0 aromatic carbocycles. The number of aliphatic carboxylic acids is 4. The minimum absolute atomic E-state index is 0. The minimum atomic E-state index is -1.55. The monoisotopic (exact) mass is 517 g/mol. The Kier molecular flexibility index (Phi) is 32.3. The van der Waals surface area contributed by atoms with Gasteiger partial charge in [0.2, 0.25) is 0 Å². The molecule has 0 aromatic rings. The summed E-state index contributed by atoms with van der Waals surface area (Å²) in [7, 11) is 0. The molecule has 0 rings (SSSR count). The van der Waals surface area contributed by atoms with Crippen molar-refractivity contribution >= 4 is 45.0 Å². The van der Waals surface area contributed by atoms with Crippen LogP contribution in [0.4, 0.5) is 0 Å². The Balaban J connectivity index is -0.000000137. The molecule has 26 heavy (non-hydrogen) atoms. The molecule has 0 unspecified atom stereocenters. The molecule has 1 radical (unpaired) electrons. The number of rotatable bonds is 10. The van der Waals surface area contributed by atoms with E-state index >= 15 is 0 Å². The van der Waals surface area contributed by atoms with Crippen molar-refractivity contribution in [1.82, 2.24) is 0 Å². The molecular weight excluding hydrogens is 494 g/mol. The fraction of sp³-hybridized carbons (Fsp3) is 0.500. The predicted molar refractivity (Wildman–Crippen MR) is 83.5 cm³/mol. The first-order valence-electron chi connectivity index (χ1n) is 7.58. The summed E-state index contributed by atoms with van der Waals surface area (Å²) in [5, 5.41) is 37.7. The van der Waals surface area contributed by atoms with Gasteiger partial charge in [-0.15, -0.1) is 0 Å². The quantitative estimate of drug-likeness (QED) is 0.171. The minimum Gasteiger partial charge on any atom is -0.545 e. The van der Waals surface area contributed by atoms with E-state index in [4.69, 9.17) is 0 Å². The molecule has 0 amide bonds. The van der Waals surface area contributed by atoms with Crippen molar-refractivity contribution in [3.05, 3.63) is 24.3 Å². The SMILES string of the molecule is CCC[CH2][Sn+2][CH2]CCC.O=C([O-])C=CC(=O)[O-].O=C([O-])C=CC(=O)[O-].[Mn+2]. The van der Waals surface area contributed by atoms with Crippen molar-refractivity contribution in [2.75, 3.05) is 0 Å². The van der Waals surface area contributed by atoms with Gasteiger partial charge >= 0.3 is 86.6 Å². The molecule has 145 valence electrons. The molecule has 8 nitrogen and oxygen atoms in total. The van der Waals surface area contributed by atoms with Gasteiger partial charge in [-0.3, -0.25) is 0 Å². The van der Waals surface area contributed by atoms with E-state index in [9.17, 15) is 39.6 Å². The molecule has 0 aliphatic heterocycles. The normalized spacial score (nSPS) is 9.00. The van der Waals surface area contributed by atoms with E-state index in [1.807, 2.05) is 0 Å². The van der Waals surface area contributed by atoms with Crippen molar-refractivity contribution in [2.24, 2.45) is 0 Å².